The summed E-state index contributed by atoms with van der Waals surface area (Å²) >= 11 is 4.64. The Labute approximate surface area is 106 Å². The lowest BCUT2D eigenvalue weighted by Gasteiger charge is -2.02. The first kappa shape index (κ1) is 18.4. The predicted molar refractivity (Wildman–Crippen MR) is 62.2 cm³/mol. The van der Waals surface area contributed by atoms with Crippen LogP contribution < -0.4 is 5.73 Å². The van der Waals surface area contributed by atoms with E-state index >= 15 is 0 Å². The van der Waals surface area contributed by atoms with Gasteiger partial charge in [-0.25, -0.2) is 4.79 Å². The van der Waals surface area contributed by atoms with Crippen molar-refractivity contribution >= 4 is 33.3 Å². The number of carboxylic acid groups (broad SMARTS) is 1. The lowest BCUT2D eigenvalue weighted by atomic mass is 10.1. The van der Waals surface area contributed by atoms with Crippen molar-refractivity contribution in [3.63, 3.8) is 0 Å². The fraction of sp³-hybridized carbons (Fsp3) is 0.750. The van der Waals surface area contributed by atoms with Gasteiger partial charge < -0.3 is 10.8 Å². The minimum absolute atomic E-state index is 0.209. The molecule has 1 atom stereocenters. The Kier molecular flexibility index (Phi) is 12.4. The molecule has 0 aromatic rings. The van der Waals surface area contributed by atoms with Crippen LogP contribution in [0.1, 0.15) is 26.2 Å². The number of carbonyl (C=O) groups excluding carboxylic acids is 1. The summed E-state index contributed by atoms with van der Waals surface area (Å²) < 4.78 is 23.2. The van der Waals surface area contributed by atoms with Gasteiger partial charge in [-0.15, -0.1) is 0 Å². The third-order valence-electron chi connectivity index (χ3n) is 1.43. The summed E-state index contributed by atoms with van der Waals surface area (Å²) in [6.07, 6.45) is 1.44. The second-order valence-corrected chi connectivity index (χ2v) is 4.11. The van der Waals surface area contributed by atoms with E-state index < -0.39 is 22.5 Å². The number of aliphatic carboxylic acids is 1. The van der Waals surface area contributed by atoms with E-state index in [1.54, 1.807) is 0 Å². The standard InChI is InChI=1S/C6H12N2O4S.C2H3ClO/c7-4-2-1-3-5(6(9)10)8-13(11)12;1-2(3)4/h5H,1-4,7H2,(H,9,10);1H3. The predicted octanol–water partition coefficient (Wildman–Crippen LogP) is 0.403. The number of nitrogens with zero attached hydrogens (tertiary/aromatic N) is 1. The number of carbonyl (C=O) groups is 2. The Morgan fingerprint density at radius 1 is 1.41 bits per heavy atom. The van der Waals surface area contributed by atoms with Gasteiger partial charge in [0, 0.05) is 6.92 Å². The Bertz CT molecular complexity index is 356. The molecule has 17 heavy (non-hydrogen) atoms. The largest absolute Gasteiger partial charge is 0.480 e. The lowest BCUT2D eigenvalue weighted by Crippen LogP contribution is -2.17. The van der Waals surface area contributed by atoms with E-state index in [1.807, 2.05) is 0 Å². The van der Waals surface area contributed by atoms with Crippen LogP contribution in [-0.2, 0) is 20.1 Å². The third-order valence-corrected chi connectivity index (χ3v) is 1.86. The van der Waals surface area contributed by atoms with Crippen molar-refractivity contribution in [2.75, 3.05) is 6.54 Å². The van der Waals surface area contributed by atoms with Crippen LogP contribution in [0.25, 0.3) is 0 Å². The molecule has 0 aliphatic heterocycles. The Balaban J connectivity index is 0. The highest BCUT2D eigenvalue weighted by Crippen LogP contribution is 2.04. The van der Waals surface area contributed by atoms with E-state index in [4.69, 9.17) is 10.8 Å². The van der Waals surface area contributed by atoms with Gasteiger partial charge >= 0.3 is 16.5 Å². The van der Waals surface area contributed by atoms with Crippen LogP contribution in [0.3, 0.4) is 0 Å². The molecule has 0 aromatic heterocycles. The topological polar surface area (TPSA) is 127 Å². The van der Waals surface area contributed by atoms with Gasteiger partial charge in [-0.05, 0) is 37.4 Å². The van der Waals surface area contributed by atoms with E-state index in [1.165, 1.54) is 6.92 Å². The second-order valence-electron chi connectivity index (χ2n) is 2.93. The maximum absolute atomic E-state index is 10.4. The summed E-state index contributed by atoms with van der Waals surface area (Å²) in [5.74, 6) is -1.22. The average molecular weight is 287 g/mol. The third kappa shape index (κ3) is 17.6. The van der Waals surface area contributed by atoms with Gasteiger partial charge in [-0.1, -0.05) is 0 Å². The van der Waals surface area contributed by atoms with E-state index in [9.17, 15) is 18.0 Å². The fourth-order valence-electron chi connectivity index (χ4n) is 0.807. The maximum Gasteiger partial charge on any atom is 0.329 e. The number of unbranched alkanes of at least 4 members (excludes halogenated alkanes) is 1. The van der Waals surface area contributed by atoms with Gasteiger partial charge in [0.05, 0.1) is 0 Å². The number of hydrogen-bond donors (Lipinski definition) is 2. The van der Waals surface area contributed by atoms with Crippen molar-refractivity contribution in [1.82, 2.24) is 0 Å². The molecule has 0 heterocycles. The molecular formula is C8H15ClN2O5S. The van der Waals surface area contributed by atoms with Crippen molar-refractivity contribution in [1.29, 1.82) is 0 Å². The average Bonchev–Trinajstić information content (AvgIpc) is 2.14. The molecule has 0 aromatic carbocycles. The van der Waals surface area contributed by atoms with Crippen LogP contribution in [0.15, 0.2) is 4.36 Å². The van der Waals surface area contributed by atoms with E-state index in [0.29, 0.717) is 19.4 Å². The first-order chi connectivity index (χ1) is 7.81. The molecule has 0 radical (unpaired) electrons. The minimum Gasteiger partial charge on any atom is -0.480 e. The van der Waals surface area contributed by atoms with E-state index in [-0.39, 0.29) is 11.7 Å². The van der Waals surface area contributed by atoms with Crippen molar-refractivity contribution < 1.29 is 23.1 Å². The second kappa shape index (κ2) is 11.5. The number of nitrogens with two attached hydrogens (primary N) is 1. The monoisotopic (exact) mass is 286 g/mol. The van der Waals surface area contributed by atoms with Crippen LogP contribution in [0.5, 0.6) is 0 Å². The Hall–Kier alpha value is -0.990. The highest BCUT2D eigenvalue weighted by molar-refractivity contribution is 7.61. The van der Waals surface area contributed by atoms with Gasteiger partial charge in [0.25, 0.3) is 0 Å². The summed E-state index contributed by atoms with van der Waals surface area (Å²) in [6.45, 7) is 1.76. The van der Waals surface area contributed by atoms with Crippen LogP contribution in [-0.4, -0.2) is 37.3 Å². The van der Waals surface area contributed by atoms with Crippen molar-refractivity contribution in [2.24, 2.45) is 10.1 Å². The summed E-state index contributed by atoms with van der Waals surface area (Å²) in [7, 11) is -2.66. The van der Waals surface area contributed by atoms with Gasteiger partial charge in [-0.2, -0.15) is 12.8 Å². The molecule has 100 valence electrons. The molecule has 0 amide bonds. The van der Waals surface area contributed by atoms with Crippen molar-refractivity contribution in [2.45, 2.75) is 32.2 Å². The van der Waals surface area contributed by atoms with Gasteiger partial charge in [0.1, 0.15) is 0 Å². The summed E-state index contributed by atoms with van der Waals surface area (Å²) in [6, 6.07) is -1.16. The summed E-state index contributed by atoms with van der Waals surface area (Å²) in [5, 5.41) is 8.16. The molecular weight excluding hydrogens is 272 g/mol. The van der Waals surface area contributed by atoms with Crippen molar-refractivity contribution in [3.8, 4) is 0 Å². The Morgan fingerprint density at radius 3 is 2.18 bits per heavy atom. The van der Waals surface area contributed by atoms with Crippen LogP contribution in [0.2, 0.25) is 0 Å². The first-order valence-electron chi connectivity index (χ1n) is 4.70. The number of carboxylic acids is 1. The molecule has 9 heteroatoms. The number of halogens is 1. The molecule has 7 nitrogen and oxygen atoms in total. The molecule has 0 aliphatic carbocycles. The molecule has 1 unspecified atom stereocenters. The molecule has 0 aliphatic rings. The quantitative estimate of drug-likeness (QED) is 0.537. The zero-order valence-electron chi connectivity index (χ0n) is 9.30. The molecule has 0 bridgehead atoms. The van der Waals surface area contributed by atoms with E-state index in [0.717, 1.165) is 0 Å². The smallest absolute Gasteiger partial charge is 0.329 e. The molecule has 0 rings (SSSR count). The molecule has 3 N–H and O–H groups in total. The van der Waals surface area contributed by atoms with Crippen LogP contribution >= 0.6 is 11.6 Å². The van der Waals surface area contributed by atoms with Crippen molar-refractivity contribution in [3.05, 3.63) is 0 Å². The van der Waals surface area contributed by atoms with Gasteiger partial charge in [0.15, 0.2) is 6.04 Å². The number of hydrogen-bond acceptors (Lipinski definition) is 6. The van der Waals surface area contributed by atoms with E-state index in [2.05, 4.69) is 16.0 Å². The first-order valence-corrected chi connectivity index (χ1v) is 6.11. The highest BCUT2D eigenvalue weighted by Gasteiger charge is 2.15. The number of rotatable bonds is 6. The SMILES string of the molecule is CC(=O)Cl.NCCCCC(N=S(=O)=O)C(=O)O. The normalized spacial score (nSPS) is 10.8. The molecule has 0 fully saturated rings. The molecule has 0 saturated heterocycles. The fourth-order valence-corrected chi connectivity index (χ4v) is 1.21. The van der Waals surface area contributed by atoms with Gasteiger partial charge in [0.2, 0.25) is 5.24 Å². The molecule has 0 saturated carbocycles. The Morgan fingerprint density at radius 2 is 1.88 bits per heavy atom. The zero-order chi connectivity index (χ0) is 13.8. The highest BCUT2D eigenvalue weighted by atomic mass is 35.5. The summed E-state index contributed by atoms with van der Waals surface area (Å²) in [5.41, 5.74) is 5.19. The van der Waals surface area contributed by atoms with Crippen LogP contribution in [0, 0.1) is 0 Å². The minimum atomic E-state index is -2.66. The zero-order valence-corrected chi connectivity index (χ0v) is 10.9. The molecule has 0 spiro atoms. The lowest BCUT2D eigenvalue weighted by molar-refractivity contribution is -0.138. The maximum atomic E-state index is 10.4. The van der Waals surface area contributed by atoms with Crippen LogP contribution in [0.4, 0.5) is 0 Å². The summed E-state index contributed by atoms with van der Waals surface area (Å²) in [4.78, 5) is 19.6. The van der Waals surface area contributed by atoms with Gasteiger partial charge in [-0.3, -0.25) is 4.79 Å².